The van der Waals surface area contributed by atoms with Crippen LogP contribution in [0.15, 0.2) is 29.2 Å². The fourth-order valence-corrected chi connectivity index (χ4v) is 2.44. The maximum Gasteiger partial charge on any atom is 0.287 e. The Kier molecular flexibility index (Phi) is 5.44. The van der Waals surface area contributed by atoms with Crippen molar-refractivity contribution in [2.24, 2.45) is 0 Å². The van der Waals surface area contributed by atoms with E-state index in [4.69, 9.17) is 16.3 Å². The second-order valence-corrected chi connectivity index (χ2v) is 5.22. The second-order valence-electron chi connectivity index (χ2n) is 4.85. The number of hydrogen-bond donors (Lipinski definition) is 1. The van der Waals surface area contributed by atoms with Gasteiger partial charge in [0.25, 0.3) is 5.56 Å². The smallest absolute Gasteiger partial charge is 0.287 e. The Morgan fingerprint density at radius 3 is 2.77 bits per heavy atom. The van der Waals surface area contributed by atoms with E-state index < -0.39 is 0 Å². The molecule has 0 amide bonds. The summed E-state index contributed by atoms with van der Waals surface area (Å²) in [6, 6.07) is 6.02. The van der Waals surface area contributed by atoms with Crippen LogP contribution in [-0.2, 0) is 19.5 Å². The van der Waals surface area contributed by atoms with Gasteiger partial charge in [-0.3, -0.25) is 4.79 Å². The van der Waals surface area contributed by atoms with Crippen LogP contribution in [0.1, 0.15) is 25.0 Å². The van der Waals surface area contributed by atoms with E-state index in [0.717, 1.165) is 23.3 Å². The van der Waals surface area contributed by atoms with Gasteiger partial charge in [-0.25, -0.2) is 4.68 Å². The molecule has 0 bridgehead atoms. The number of aromatic nitrogens is 2. The van der Waals surface area contributed by atoms with Crippen LogP contribution in [0.5, 0.6) is 5.75 Å². The molecular weight excluding hydrogens is 302 g/mol. The fourth-order valence-electron chi connectivity index (χ4n) is 2.23. The quantitative estimate of drug-likeness (QED) is 0.888. The van der Waals surface area contributed by atoms with Crippen molar-refractivity contribution in [3.8, 4) is 5.75 Å². The van der Waals surface area contributed by atoms with Crippen LogP contribution in [0.25, 0.3) is 0 Å². The summed E-state index contributed by atoms with van der Waals surface area (Å²) in [7, 11) is 1.67. The van der Waals surface area contributed by atoms with Crippen LogP contribution < -0.4 is 15.6 Å². The van der Waals surface area contributed by atoms with Crippen molar-refractivity contribution >= 4 is 17.3 Å². The van der Waals surface area contributed by atoms with Crippen molar-refractivity contribution in [2.75, 3.05) is 12.4 Å². The molecule has 0 atom stereocenters. The molecule has 1 N–H and O–H groups in total. The van der Waals surface area contributed by atoms with E-state index in [-0.39, 0.29) is 10.6 Å². The monoisotopic (exact) mass is 321 g/mol. The van der Waals surface area contributed by atoms with Crippen LogP contribution in [0.4, 0.5) is 5.69 Å². The first-order chi connectivity index (χ1) is 10.6. The van der Waals surface area contributed by atoms with E-state index in [1.54, 1.807) is 13.3 Å². The molecule has 0 spiro atoms. The molecule has 2 rings (SSSR count). The Bertz CT molecular complexity index is 713. The van der Waals surface area contributed by atoms with Gasteiger partial charge in [0.2, 0.25) is 0 Å². The minimum absolute atomic E-state index is 0.168. The van der Waals surface area contributed by atoms with Crippen LogP contribution in [0, 0.1) is 0 Å². The molecule has 1 aromatic heterocycles. The zero-order valence-corrected chi connectivity index (χ0v) is 13.8. The minimum atomic E-state index is -0.279. The van der Waals surface area contributed by atoms with Gasteiger partial charge >= 0.3 is 0 Å². The van der Waals surface area contributed by atoms with Crippen molar-refractivity contribution in [1.82, 2.24) is 9.78 Å². The highest BCUT2D eigenvalue weighted by Gasteiger charge is 2.09. The van der Waals surface area contributed by atoms with Gasteiger partial charge in [0.15, 0.2) is 0 Å². The van der Waals surface area contributed by atoms with E-state index in [0.29, 0.717) is 18.8 Å². The lowest BCUT2D eigenvalue weighted by atomic mass is 10.1. The predicted molar refractivity (Wildman–Crippen MR) is 88.9 cm³/mol. The van der Waals surface area contributed by atoms with E-state index in [2.05, 4.69) is 23.4 Å². The van der Waals surface area contributed by atoms with Crippen molar-refractivity contribution in [1.29, 1.82) is 0 Å². The summed E-state index contributed by atoms with van der Waals surface area (Å²) in [5, 5.41) is 7.40. The molecule has 118 valence electrons. The van der Waals surface area contributed by atoms with Gasteiger partial charge in [-0.1, -0.05) is 30.7 Å². The van der Waals surface area contributed by atoms with Crippen LogP contribution in [0.2, 0.25) is 5.02 Å². The average Bonchev–Trinajstić information content (AvgIpc) is 2.56. The normalized spacial score (nSPS) is 10.5. The molecule has 0 saturated heterocycles. The van der Waals surface area contributed by atoms with Crippen LogP contribution >= 0.6 is 11.6 Å². The van der Waals surface area contributed by atoms with E-state index in [9.17, 15) is 4.79 Å². The van der Waals surface area contributed by atoms with Crippen LogP contribution in [0.3, 0.4) is 0 Å². The number of nitrogens with zero attached hydrogens (tertiary/aromatic N) is 2. The summed E-state index contributed by atoms with van der Waals surface area (Å²) in [6.07, 6.45) is 2.48. The molecule has 2 aromatic rings. The first-order valence-corrected chi connectivity index (χ1v) is 7.63. The van der Waals surface area contributed by atoms with Crippen molar-refractivity contribution in [2.45, 2.75) is 33.4 Å². The maximum absolute atomic E-state index is 11.9. The van der Waals surface area contributed by atoms with Crippen molar-refractivity contribution < 1.29 is 4.74 Å². The molecule has 6 heteroatoms. The lowest BCUT2D eigenvalue weighted by Crippen LogP contribution is -2.23. The Balaban J connectivity index is 2.17. The number of benzene rings is 1. The van der Waals surface area contributed by atoms with E-state index in [1.165, 1.54) is 4.68 Å². The molecule has 5 nitrogen and oxygen atoms in total. The maximum atomic E-state index is 11.9. The van der Waals surface area contributed by atoms with Crippen molar-refractivity contribution in [3.05, 3.63) is 50.9 Å². The third-order valence-corrected chi connectivity index (χ3v) is 3.86. The number of rotatable bonds is 6. The molecule has 1 aromatic carbocycles. The lowest BCUT2D eigenvalue weighted by Gasteiger charge is -2.12. The zero-order valence-electron chi connectivity index (χ0n) is 13.0. The molecule has 0 aliphatic rings. The molecular formula is C16H20ClN3O2. The molecule has 0 radical (unpaired) electrons. The van der Waals surface area contributed by atoms with Gasteiger partial charge < -0.3 is 10.1 Å². The third-order valence-electron chi connectivity index (χ3n) is 3.49. The average molecular weight is 322 g/mol. The Morgan fingerprint density at radius 1 is 1.36 bits per heavy atom. The summed E-state index contributed by atoms with van der Waals surface area (Å²) in [6.45, 7) is 4.99. The van der Waals surface area contributed by atoms with E-state index >= 15 is 0 Å². The number of hydrogen-bond acceptors (Lipinski definition) is 4. The fraction of sp³-hybridized carbons (Fsp3) is 0.375. The summed E-state index contributed by atoms with van der Waals surface area (Å²) in [5.74, 6) is 0.886. The third kappa shape index (κ3) is 3.42. The standard InChI is InChI=1S/C16H20ClN3O2/c1-4-12-8-11(6-7-14(12)22-3)9-18-13-10-19-20(5-2)16(21)15(13)17/h6-8,10,18H,4-5,9H2,1-3H3. The number of halogens is 1. The highest BCUT2D eigenvalue weighted by molar-refractivity contribution is 6.32. The number of methoxy groups -OCH3 is 1. The molecule has 1 heterocycles. The van der Waals surface area contributed by atoms with Gasteiger partial charge in [-0.05, 0) is 30.5 Å². The summed E-state index contributed by atoms with van der Waals surface area (Å²) in [5.41, 5.74) is 2.50. The van der Waals surface area contributed by atoms with Gasteiger partial charge in [-0.2, -0.15) is 5.10 Å². The Hall–Kier alpha value is -2.01. The second kappa shape index (κ2) is 7.31. The predicted octanol–water partition coefficient (Wildman–Crippen LogP) is 3.10. The Labute approximate surface area is 134 Å². The largest absolute Gasteiger partial charge is 0.496 e. The summed E-state index contributed by atoms with van der Waals surface area (Å²) in [4.78, 5) is 11.9. The first kappa shape index (κ1) is 16.4. The molecule has 0 aliphatic heterocycles. The minimum Gasteiger partial charge on any atom is -0.496 e. The highest BCUT2D eigenvalue weighted by Crippen LogP contribution is 2.22. The van der Waals surface area contributed by atoms with Gasteiger partial charge in [0.1, 0.15) is 10.8 Å². The highest BCUT2D eigenvalue weighted by atomic mass is 35.5. The lowest BCUT2D eigenvalue weighted by molar-refractivity contribution is 0.410. The van der Waals surface area contributed by atoms with Gasteiger partial charge in [0.05, 0.1) is 19.0 Å². The SMILES string of the molecule is CCc1cc(CNc2cnn(CC)c(=O)c2Cl)ccc1OC. The topological polar surface area (TPSA) is 56.2 Å². The number of ether oxygens (including phenoxy) is 1. The number of anilines is 1. The first-order valence-electron chi connectivity index (χ1n) is 7.26. The van der Waals surface area contributed by atoms with Gasteiger partial charge in [-0.15, -0.1) is 0 Å². The van der Waals surface area contributed by atoms with E-state index in [1.807, 2.05) is 19.1 Å². The molecule has 0 aliphatic carbocycles. The molecule has 0 saturated carbocycles. The molecule has 0 unspecified atom stereocenters. The molecule has 22 heavy (non-hydrogen) atoms. The van der Waals surface area contributed by atoms with Gasteiger partial charge in [0, 0.05) is 13.1 Å². The molecule has 0 fully saturated rings. The number of aryl methyl sites for hydroxylation is 2. The van der Waals surface area contributed by atoms with Crippen LogP contribution in [-0.4, -0.2) is 16.9 Å². The van der Waals surface area contributed by atoms with Crippen molar-refractivity contribution in [3.63, 3.8) is 0 Å². The Morgan fingerprint density at radius 2 is 2.14 bits per heavy atom. The summed E-state index contributed by atoms with van der Waals surface area (Å²) < 4.78 is 6.65. The zero-order chi connectivity index (χ0) is 16.1. The number of nitrogens with one attached hydrogen (secondary N) is 1. The summed E-state index contributed by atoms with van der Waals surface area (Å²) >= 11 is 6.09.